The summed E-state index contributed by atoms with van der Waals surface area (Å²) in [6, 6.07) is 4.27. The Morgan fingerprint density at radius 3 is 3.00 bits per heavy atom. The molecule has 1 fully saturated rings. The van der Waals surface area contributed by atoms with E-state index in [1.807, 2.05) is 18.5 Å². The van der Waals surface area contributed by atoms with E-state index < -0.39 is 0 Å². The number of aliphatic imine (C=N–C) groups is 1. The van der Waals surface area contributed by atoms with Crippen LogP contribution in [0.25, 0.3) is 0 Å². The van der Waals surface area contributed by atoms with E-state index in [0.717, 1.165) is 37.1 Å². The second-order valence-electron chi connectivity index (χ2n) is 6.16. The highest BCUT2D eigenvalue weighted by molar-refractivity contribution is 8.00. The summed E-state index contributed by atoms with van der Waals surface area (Å²) >= 11 is 3.85. The van der Waals surface area contributed by atoms with Crippen LogP contribution in [-0.4, -0.2) is 44.8 Å². The van der Waals surface area contributed by atoms with Gasteiger partial charge in [0, 0.05) is 30.3 Å². The number of thiophene rings is 1. The van der Waals surface area contributed by atoms with Crippen molar-refractivity contribution in [2.75, 3.05) is 18.8 Å². The van der Waals surface area contributed by atoms with Gasteiger partial charge < -0.3 is 15.2 Å². The highest BCUT2D eigenvalue weighted by Gasteiger charge is 2.15. The molecule has 0 aliphatic carbocycles. The number of aromatic nitrogens is 3. The predicted molar refractivity (Wildman–Crippen MR) is 106 cm³/mol. The lowest BCUT2D eigenvalue weighted by Crippen LogP contribution is -2.41. The molecule has 0 spiro atoms. The van der Waals surface area contributed by atoms with Gasteiger partial charge in [-0.3, -0.25) is 0 Å². The minimum atomic E-state index is 0.531. The number of hydrogen-bond donors (Lipinski definition) is 2. The van der Waals surface area contributed by atoms with Crippen LogP contribution < -0.4 is 10.6 Å². The van der Waals surface area contributed by atoms with Crippen molar-refractivity contribution in [2.45, 2.75) is 38.0 Å². The van der Waals surface area contributed by atoms with Crippen LogP contribution in [0.4, 0.5) is 0 Å². The highest BCUT2D eigenvalue weighted by atomic mass is 32.2. The third-order valence-electron chi connectivity index (χ3n) is 4.33. The van der Waals surface area contributed by atoms with E-state index in [9.17, 15) is 0 Å². The van der Waals surface area contributed by atoms with Crippen molar-refractivity contribution < 1.29 is 0 Å². The Morgan fingerprint density at radius 1 is 1.40 bits per heavy atom. The fourth-order valence-corrected chi connectivity index (χ4v) is 4.60. The van der Waals surface area contributed by atoms with Gasteiger partial charge >= 0.3 is 0 Å². The summed E-state index contributed by atoms with van der Waals surface area (Å²) in [5.74, 6) is 3.94. The third kappa shape index (κ3) is 5.47. The zero-order valence-corrected chi connectivity index (χ0v) is 16.5. The molecule has 3 heterocycles. The van der Waals surface area contributed by atoms with Crippen molar-refractivity contribution in [1.82, 2.24) is 25.4 Å². The Labute approximate surface area is 157 Å². The smallest absolute Gasteiger partial charge is 0.191 e. The second-order valence-corrected chi connectivity index (χ2v) is 8.60. The monoisotopic (exact) mass is 378 g/mol. The third-order valence-corrected chi connectivity index (χ3v) is 6.66. The minimum Gasteiger partial charge on any atom is -0.356 e. The summed E-state index contributed by atoms with van der Waals surface area (Å²) in [4.78, 5) is 6.10. The molecule has 8 heteroatoms. The van der Waals surface area contributed by atoms with Crippen molar-refractivity contribution in [2.24, 2.45) is 12.0 Å². The van der Waals surface area contributed by atoms with Gasteiger partial charge in [0.15, 0.2) is 11.8 Å². The average Bonchev–Trinajstić information content (AvgIpc) is 3.36. The van der Waals surface area contributed by atoms with Crippen LogP contribution in [0.1, 0.15) is 29.4 Å². The average molecular weight is 379 g/mol. The van der Waals surface area contributed by atoms with E-state index in [0.29, 0.717) is 11.8 Å². The van der Waals surface area contributed by atoms with Crippen molar-refractivity contribution in [1.29, 1.82) is 0 Å². The maximum atomic E-state index is 4.71. The standard InChI is InChI=1S/C17H26N6S2/c1-13-21-22-16(23(13)2)12-20-17(19-11-15-6-4-10-25-15)18-8-7-14-5-3-9-24-14/h3,5,9,15H,4,6-8,10-12H2,1-2H3,(H2,18,19,20). The molecule has 0 bridgehead atoms. The molecule has 2 aromatic rings. The van der Waals surface area contributed by atoms with E-state index in [-0.39, 0.29) is 0 Å². The molecule has 1 atom stereocenters. The van der Waals surface area contributed by atoms with Crippen molar-refractivity contribution in [3.63, 3.8) is 0 Å². The van der Waals surface area contributed by atoms with Crippen LogP contribution in [0.2, 0.25) is 0 Å². The number of hydrogen-bond acceptors (Lipinski definition) is 5. The number of thioether (sulfide) groups is 1. The van der Waals surface area contributed by atoms with Gasteiger partial charge in [-0.1, -0.05) is 6.07 Å². The van der Waals surface area contributed by atoms with Crippen LogP contribution in [0.3, 0.4) is 0 Å². The summed E-state index contributed by atoms with van der Waals surface area (Å²) < 4.78 is 1.99. The van der Waals surface area contributed by atoms with Gasteiger partial charge in [0.05, 0.1) is 0 Å². The Bertz CT molecular complexity index is 673. The van der Waals surface area contributed by atoms with Gasteiger partial charge in [0.2, 0.25) is 0 Å². The van der Waals surface area contributed by atoms with Gasteiger partial charge in [-0.15, -0.1) is 21.5 Å². The van der Waals surface area contributed by atoms with Crippen LogP contribution in [0.15, 0.2) is 22.5 Å². The molecule has 1 aliphatic heterocycles. The predicted octanol–water partition coefficient (Wildman–Crippen LogP) is 2.36. The Morgan fingerprint density at radius 2 is 2.32 bits per heavy atom. The molecule has 0 amide bonds. The van der Waals surface area contributed by atoms with E-state index >= 15 is 0 Å². The fourth-order valence-electron chi connectivity index (χ4n) is 2.69. The van der Waals surface area contributed by atoms with Gasteiger partial charge in [0.1, 0.15) is 12.4 Å². The summed E-state index contributed by atoms with van der Waals surface area (Å²) in [6.07, 6.45) is 3.63. The molecular formula is C17H26N6S2. The maximum absolute atomic E-state index is 4.71. The summed E-state index contributed by atoms with van der Waals surface area (Å²) in [7, 11) is 1.98. The molecule has 2 N–H and O–H groups in total. The summed E-state index contributed by atoms with van der Waals surface area (Å²) in [6.45, 7) is 4.33. The summed E-state index contributed by atoms with van der Waals surface area (Å²) in [5.41, 5.74) is 0. The van der Waals surface area contributed by atoms with E-state index in [4.69, 9.17) is 4.99 Å². The van der Waals surface area contributed by atoms with Crippen molar-refractivity contribution in [3.8, 4) is 0 Å². The topological polar surface area (TPSA) is 67.1 Å². The molecule has 25 heavy (non-hydrogen) atoms. The van der Waals surface area contributed by atoms with Crippen molar-refractivity contribution >= 4 is 29.1 Å². The zero-order valence-electron chi connectivity index (χ0n) is 14.9. The number of nitrogens with zero attached hydrogens (tertiary/aromatic N) is 4. The van der Waals surface area contributed by atoms with Gasteiger partial charge in [-0.2, -0.15) is 11.8 Å². The first-order chi connectivity index (χ1) is 12.2. The molecule has 0 saturated carbocycles. The van der Waals surface area contributed by atoms with Crippen molar-refractivity contribution in [3.05, 3.63) is 34.0 Å². The SMILES string of the molecule is Cc1nnc(CN=C(NCCc2cccs2)NCC2CCCS2)n1C. The van der Waals surface area contributed by atoms with Crippen LogP contribution in [-0.2, 0) is 20.0 Å². The fraction of sp³-hybridized carbons (Fsp3) is 0.588. The Hall–Kier alpha value is -1.54. The zero-order chi connectivity index (χ0) is 17.5. The number of aryl methyl sites for hydroxylation is 1. The Balaban J connectivity index is 1.55. The molecule has 1 unspecified atom stereocenters. The molecule has 0 radical (unpaired) electrons. The molecule has 0 aromatic carbocycles. The quantitative estimate of drug-likeness (QED) is 0.572. The first kappa shape index (κ1) is 18.3. The molecule has 6 nitrogen and oxygen atoms in total. The van der Waals surface area contributed by atoms with Crippen LogP contribution >= 0.6 is 23.1 Å². The molecular weight excluding hydrogens is 352 g/mol. The minimum absolute atomic E-state index is 0.531. The Kier molecular flexibility index (Phi) is 6.75. The lowest BCUT2D eigenvalue weighted by atomic mass is 10.2. The summed E-state index contributed by atoms with van der Waals surface area (Å²) in [5, 5.41) is 18.1. The van der Waals surface area contributed by atoms with Gasteiger partial charge in [-0.25, -0.2) is 4.99 Å². The number of rotatable bonds is 7. The second kappa shape index (κ2) is 9.24. The van der Waals surface area contributed by atoms with E-state index in [1.165, 1.54) is 23.5 Å². The van der Waals surface area contributed by atoms with Crippen LogP contribution in [0, 0.1) is 6.92 Å². The van der Waals surface area contributed by atoms with E-state index in [2.05, 4.69) is 50.1 Å². The highest BCUT2D eigenvalue weighted by Crippen LogP contribution is 2.25. The largest absolute Gasteiger partial charge is 0.356 e. The normalized spacial score (nSPS) is 17.8. The molecule has 136 valence electrons. The lowest BCUT2D eigenvalue weighted by Gasteiger charge is -2.15. The molecule has 3 rings (SSSR count). The van der Waals surface area contributed by atoms with Gasteiger partial charge in [0.25, 0.3) is 0 Å². The van der Waals surface area contributed by atoms with Crippen LogP contribution in [0.5, 0.6) is 0 Å². The van der Waals surface area contributed by atoms with Gasteiger partial charge in [-0.05, 0) is 43.4 Å². The number of nitrogens with one attached hydrogen (secondary N) is 2. The first-order valence-corrected chi connectivity index (χ1v) is 10.7. The number of guanidine groups is 1. The molecule has 2 aromatic heterocycles. The first-order valence-electron chi connectivity index (χ1n) is 8.73. The molecule has 1 saturated heterocycles. The molecule has 1 aliphatic rings. The van der Waals surface area contributed by atoms with E-state index in [1.54, 1.807) is 11.3 Å². The lowest BCUT2D eigenvalue weighted by molar-refractivity contribution is 0.714. The maximum Gasteiger partial charge on any atom is 0.191 e.